The third-order valence-corrected chi connectivity index (χ3v) is 9.99. The molecular formula is C25H33N3O6S2. The molecule has 36 heavy (non-hydrogen) atoms. The van der Waals surface area contributed by atoms with Crippen LogP contribution < -0.4 is 14.8 Å². The van der Waals surface area contributed by atoms with Crippen molar-refractivity contribution in [2.75, 3.05) is 26.2 Å². The first-order valence-corrected chi connectivity index (χ1v) is 15.3. The van der Waals surface area contributed by atoms with Crippen molar-refractivity contribution in [1.29, 1.82) is 0 Å². The van der Waals surface area contributed by atoms with Crippen molar-refractivity contribution in [3.05, 3.63) is 54.1 Å². The van der Waals surface area contributed by atoms with Crippen molar-refractivity contribution in [3.63, 3.8) is 0 Å². The second kappa shape index (κ2) is 11.7. The molecule has 2 fully saturated rings. The number of nitrogens with zero attached hydrogens (tertiary/aromatic N) is 1. The van der Waals surface area contributed by atoms with Gasteiger partial charge in [0.15, 0.2) is 6.61 Å². The molecule has 1 aliphatic carbocycles. The molecule has 1 heterocycles. The lowest BCUT2D eigenvalue weighted by Gasteiger charge is -2.15. The maximum absolute atomic E-state index is 12.6. The minimum atomic E-state index is -3.57. The maximum Gasteiger partial charge on any atom is 0.257 e. The summed E-state index contributed by atoms with van der Waals surface area (Å²) in [6, 6.07) is 12.8. The second-order valence-corrected chi connectivity index (χ2v) is 12.9. The molecule has 2 N–H and O–H groups in total. The third-order valence-electron chi connectivity index (χ3n) is 6.54. The van der Waals surface area contributed by atoms with Crippen molar-refractivity contribution < 1.29 is 26.4 Å². The van der Waals surface area contributed by atoms with Crippen molar-refractivity contribution in [3.8, 4) is 5.75 Å². The topological polar surface area (TPSA) is 122 Å². The average molecular weight is 536 g/mol. The van der Waals surface area contributed by atoms with Crippen LogP contribution in [0, 0.1) is 0 Å². The van der Waals surface area contributed by atoms with Crippen molar-refractivity contribution >= 4 is 26.0 Å². The fraction of sp³-hybridized carbons (Fsp3) is 0.480. The lowest BCUT2D eigenvalue weighted by molar-refractivity contribution is -0.123. The zero-order valence-electron chi connectivity index (χ0n) is 20.2. The zero-order chi connectivity index (χ0) is 25.6. The molecule has 0 spiro atoms. The summed E-state index contributed by atoms with van der Waals surface area (Å²) in [5, 5.41) is 2.77. The molecule has 0 unspecified atom stereocenters. The summed E-state index contributed by atoms with van der Waals surface area (Å²) in [5.41, 5.74) is 0.916. The minimum absolute atomic E-state index is 0.00414. The van der Waals surface area contributed by atoms with Gasteiger partial charge in [-0.2, -0.15) is 4.31 Å². The van der Waals surface area contributed by atoms with Gasteiger partial charge in [-0.05, 0) is 74.1 Å². The molecule has 1 aliphatic heterocycles. The van der Waals surface area contributed by atoms with E-state index < -0.39 is 20.0 Å². The molecule has 11 heteroatoms. The van der Waals surface area contributed by atoms with Gasteiger partial charge in [0.1, 0.15) is 5.75 Å². The molecule has 2 aliphatic rings. The average Bonchev–Trinajstić information content (AvgIpc) is 3.58. The molecule has 1 saturated carbocycles. The molecule has 0 bridgehead atoms. The second-order valence-electron chi connectivity index (χ2n) is 9.22. The molecule has 2 aromatic carbocycles. The molecule has 1 saturated heterocycles. The Kier molecular flexibility index (Phi) is 8.66. The molecule has 196 valence electrons. The molecule has 1 amide bonds. The van der Waals surface area contributed by atoms with Gasteiger partial charge >= 0.3 is 0 Å². The molecular weight excluding hydrogens is 502 g/mol. The largest absolute Gasteiger partial charge is 0.484 e. The van der Waals surface area contributed by atoms with Gasteiger partial charge in [-0.15, -0.1) is 0 Å². The molecule has 4 rings (SSSR count). The number of hydrogen-bond acceptors (Lipinski definition) is 6. The van der Waals surface area contributed by atoms with Crippen LogP contribution in [0.25, 0.3) is 0 Å². The van der Waals surface area contributed by atoms with E-state index in [-0.39, 0.29) is 23.5 Å². The quantitative estimate of drug-likeness (QED) is 0.456. The number of carbonyl (C=O) groups excluding carboxylic acids is 1. The lowest BCUT2D eigenvalue weighted by atomic mass is 10.1. The number of rotatable bonds is 11. The fourth-order valence-electron chi connectivity index (χ4n) is 4.50. The zero-order valence-corrected chi connectivity index (χ0v) is 21.8. The summed E-state index contributed by atoms with van der Waals surface area (Å²) in [4.78, 5) is 12.6. The molecule has 0 atom stereocenters. The fourth-order valence-corrected chi connectivity index (χ4v) is 7.32. The molecule has 0 aromatic heterocycles. The van der Waals surface area contributed by atoms with Gasteiger partial charge in [0.2, 0.25) is 20.0 Å². The number of carbonyl (C=O) groups is 1. The monoisotopic (exact) mass is 535 g/mol. The van der Waals surface area contributed by atoms with E-state index in [0.29, 0.717) is 36.7 Å². The van der Waals surface area contributed by atoms with E-state index in [9.17, 15) is 21.6 Å². The Morgan fingerprint density at radius 2 is 1.47 bits per heavy atom. The Balaban J connectivity index is 1.19. The van der Waals surface area contributed by atoms with Gasteiger partial charge in [-0.3, -0.25) is 4.79 Å². The summed E-state index contributed by atoms with van der Waals surface area (Å²) < 4.78 is 59.9. The van der Waals surface area contributed by atoms with E-state index in [1.54, 1.807) is 24.3 Å². The van der Waals surface area contributed by atoms with Gasteiger partial charge in [-0.25, -0.2) is 21.6 Å². The number of nitrogens with one attached hydrogen (secondary N) is 2. The molecule has 0 radical (unpaired) electrons. The summed E-state index contributed by atoms with van der Waals surface area (Å²) in [7, 11) is -7.00. The van der Waals surface area contributed by atoms with Crippen LogP contribution in [0.1, 0.15) is 44.1 Å². The standard InChI is InChI=1S/C25H33N3O6S2/c29-25(19-34-22-9-13-23(14-10-22)35(30,31)27-21-5-1-2-6-21)26-16-15-20-7-11-24(12-8-20)36(32,33)28-17-3-4-18-28/h7-14,21,27H,1-6,15-19H2,(H,26,29). The summed E-state index contributed by atoms with van der Waals surface area (Å²) in [5.74, 6) is 0.0996. The van der Waals surface area contributed by atoms with Crippen LogP contribution in [0.4, 0.5) is 0 Å². The van der Waals surface area contributed by atoms with E-state index in [4.69, 9.17) is 4.74 Å². The maximum atomic E-state index is 12.6. The smallest absolute Gasteiger partial charge is 0.257 e. The predicted molar refractivity (Wildman–Crippen MR) is 136 cm³/mol. The Bertz CT molecular complexity index is 1230. The van der Waals surface area contributed by atoms with E-state index in [1.165, 1.54) is 28.6 Å². The first kappa shape index (κ1) is 26.6. The van der Waals surface area contributed by atoms with Crippen LogP contribution in [-0.4, -0.2) is 59.3 Å². The normalized spacial score (nSPS) is 17.3. The SMILES string of the molecule is O=C(COc1ccc(S(=O)(=O)NC2CCCC2)cc1)NCCc1ccc(S(=O)(=O)N2CCCC2)cc1. The first-order chi connectivity index (χ1) is 17.2. The number of hydrogen-bond donors (Lipinski definition) is 2. The van der Waals surface area contributed by atoms with Gasteiger partial charge in [0, 0.05) is 25.7 Å². The van der Waals surface area contributed by atoms with Crippen molar-refractivity contribution in [2.24, 2.45) is 0 Å². The lowest BCUT2D eigenvalue weighted by Crippen LogP contribution is -2.32. The van der Waals surface area contributed by atoms with E-state index in [2.05, 4.69) is 10.0 Å². The minimum Gasteiger partial charge on any atom is -0.484 e. The number of sulfonamides is 2. The molecule has 9 nitrogen and oxygen atoms in total. The Morgan fingerprint density at radius 1 is 0.861 bits per heavy atom. The van der Waals surface area contributed by atoms with Crippen LogP contribution in [0.3, 0.4) is 0 Å². The number of benzene rings is 2. The van der Waals surface area contributed by atoms with Crippen molar-refractivity contribution in [2.45, 2.75) is 60.8 Å². The van der Waals surface area contributed by atoms with Crippen LogP contribution in [-0.2, 0) is 31.3 Å². The van der Waals surface area contributed by atoms with E-state index in [0.717, 1.165) is 44.1 Å². The van der Waals surface area contributed by atoms with Crippen LogP contribution in [0.2, 0.25) is 0 Å². The number of amides is 1. The first-order valence-electron chi connectivity index (χ1n) is 12.3. The van der Waals surface area contributed by atoms with Gasteiger partial charge < -0.3 is 10.1 Å². The highest BCUT2D eigenvalue weighted by molar-refractivity contribution is 7.89. The third kappa shape index (κ3) is 6.84. The van der Waals surface area contributed by atoms with Gasteiger partial charge in [0.05, 0.1) is 9.79 Å². The van der Waals surface area contributed by atoms with Crippen LogP contribution >= 0.6 is 0 Å². The highest BCUT2D eigenvalue weighted by Gasteiger charge is 2.27. The Morgan fingerprint density at radius 3 is 2.11 bits per heavy atom. The number of ether oxygens (including phenoxy) is 1. The Labute approximate surface area is 213 Å². The van der Waals surface area contributed by atoms with Gasteiger partial charge in [0.25, 0.3) is 5.91 Å². The Hall–Kier alpha value is -2.47. The summed E-state index contributed by atoms with van der Waals surface area (Å²) >= 11 is 0. The highest BCUT2D eigenvalue weighted by atomic mass is 32.2. The predicted octanol–water partition coefficient (Wildman–Crippen LogP) is 2.43. The van der Waals surface area contributed by atoms with Crippen LogP contribution in [0.5, 0.6) is 5.75 Å². The van der Waals surface area contributed by atoms with Crippen molar-refractivity contribution in [1.82, 2.24) is 14.3 Å². The summed E-state index contributed by atoms with van der Waals surface area (Å²) in [6.07, 6.45) is 6.14. The van der Waals surface area contributed by atoms with E-state index >= 15 is 0 Å². The van der Waals surface area contributed by atoms with Gasteiger partial charge in [-0.1, -0.05) is 25.0 Å². The highest BCUT2D eigenvalue weighted by Crippen LogP contribution is 2.22. The molecule has 2 aromatic rings. The van der Waals surface area contributed by atoms with E-state index in [1.807, 2.05) is 0 Å². The van der Waals surface area contributed by atoms with Crippen LogP contribution in [0.15, 0.2) is 58.3 Å². The summed E-state index contributed by atoms with van der Waals surface area (Å²) in [6.45, 7) is 1.32.